The number of hydrogen-bond donors (Lipinski definition) is 1. The number of fused-ring (bicyclic) bond motifs is 1. The number of carbonyl (C=O) groups is 1. The number of ketones is 1. The van der Waals surface area contributed by atoms with Crippen molar-refractivity contribution in [3.05, 3.63) is 70.9 Å². The third-order valence-corrected chi connectivity index (χ3v) is 4.53. The largest absolute Gasteiger partial charge is 0.469 e. The van der Waals surface area contributed by atoms with Crippen LogP contribution in [0.4, 0.5) is 11.6 Å². The van der Waals surface area contributed by atoms with Crippen molar-refractivity contribution in [2.24, 2.45) is 0 Å². The highest BCUT2D eigenvalue weighted by Crippen LogP contribution is 2.33. The van der Waals surface area contributed by atoms with E-state index in [-0.39, 0.29) is 11.7 Å². The van der Waals surface area contributed by atoms with Gasteiger partial charge >= 0.3 is 0 Å². The second-order valence-corrected chi connectivity index (χ2v) is 6.49. The van der Waals surface area contributed by atoms with Gasteiger partial charge in [0.25, 0.3) is 0 Å². The first-order chi connectivity index (χ1) is 12.1. The summed E-state index contributed by atoms with van der Waals surface area (Å²) < 4.78 is 5.49. The molecule has 1 aliphatic carbocycles. The first kappa shape index (κ1) is 15.6. The van der Waals surface area contributed by atoms with Crippen molar-refractivity contribution in [3.63, 3.8) is 0 Å². The van der Waals surface area contributed by atoms with E-state index in [0.717, 1.165) is 28.4 Å². The Hall–Kier alpha value is -2.95. The van der Waals surface area contributed by atoms with Crippen molar-refractivity contribution < 1.29 is 9.21 Å². The van der Waals surface area contributed by atoms with Gasteiger partial charge < -0.3 is 9.73 Å². The monoisotopic (exact) mass is 333 g/mol. The predicted octanol–water partition coefficient (Wildman–Crippen LogP) is 4.34. The van der Waals surface area contributed by atoms with Gasteiger partial charge in [-0.1, -0.05) is 12.1 Å². The van der Waals surface area contributed by atoms with Crippen LogP contribution in [0.25, 0.3) is 0 Å². The van der Waals surface area contributed by atoms with Gasteiger partial charge in [0.05, 0.1) is 23.2 Å². The normalized spacial score (nSPS) is 16.6. The molecule has 1 N–H and O–H groups in total. The van der Waals surface area contributed by atoms with Crippen molar-refractivity contribution in [1.82, 2.24) is 9.97 Å². The summed E-state index contributed by atoms with van der Waals surface area (Å²) in [5.74, 6) is 1.48. The molecular weight excluding hydrogens is 314 g/mol. The van der Waals surface area contributed by atoms with Crippen LogP contribution in [0.3, 0.4) is 0 Å². The lowest BCUT2D eigenvalue weighted by Gasteiger charge is -2.23. The maximum atomic E-state index is 12.6. The molecule has 1 atom stereocenters. The van der Waals surface area contributed by atoms with E-state index in [1.807, 2.05) is 50.2 Å². The summed E-state index contributed by atoms with van der Waals surface area (Å²) in [4.78, 5) is 21.7. The maximum Gasteiger partial charge on any atom is 0.227 e. The van der Waals surface area contributed by atoms with Crippen LogP contribution in [0.1, 0.15) is 45.4 Å². The minimum absolute atomic E-state index is 0.0381. The molecule has 3 aromatic rings. The molecule has 5 nitrogen and oxygen atoms in total. The molecule has 0 unspecified atom stereocenters. The fraction of sp³-hybridized carbons (Fsp3) is 0.250. The van der Waals surface area contributed by atoms with Crippen LogP contribution in [0.5, 0.6) is 0 Å². The Bertz CT molecular complexity index is 932. The van der Waals surface area contributed by atoms with E-state index in [4.69, 9.17) is 4.42 Å². The summed E-state index contributed by atoms with van der Waals surface area (Å²) in [5, 5.41) is 3.24. The molecule has 0 fully saturated rings. The number of Topliss-reactive ketones (excluding diaryl/α,β-unsaturated/α-hetero) is 1. The van der Waals surface area contributed by atoms with E-state index in [1.165, 1.54) is 0 Å². The van der Waals surface area contributed by atoms with Gasteiger partial charge in [-0.2, -0.15) is 0 Å². The molecule has 0 amide bonds. The van der Waals surface area contributed by atoms with Gasteiger partial charge in [-0.3, -0.25) is 4.79 Å². The smallest absolute Gasteiger partial charge is 0.227 e. The Morgan fingerprint density at radius 3 is 2.76 bits per heavy atom. The van der Waals surface area contributed by atoms with Crippen LogP contribution in [0.2, 0.25) is 0 Å². The Balaban J connectivity index is 1.68. The molecule has 126 valence electrons. The second-order valence-electron chi connectivity index (χ2n) is 6.49. The standard InChI is InChI=1S/C20H19N3O2/c1-12-5-3-6-15(9-12)22-20-21-13(2)19-16(23-20)10-14(11-17(19)24)18-7-4-8-25-18/h3-9,14H,10-11H2,1-2H3,(H,21,22,23)/t14-/m1/s1. The van der Waals surface area contributed by atoms with Gasteiger partial charge in [-0.05, 0) is 43.7 Å². The summed E-state index contributed by atoms with van der Waals surface area (Å²) in [6.45, 7) is 3.91. The van der Waals surface area contributed by atoms with Crippen LogP contribution >= 0.6 is 0 Å². The molecule has 1 aliphatic rings. The quantitative estimate of drug-likeness (QED) is 0.772. The Morgan fingerprint density at radius 1 is 1.12 bits per heavy atom. The zero-order chi connectivity index (χ0) is 17.4. The summed E-state index contributed by atoms with van der Waals surface area (Å²) in [6.07, 6.45) is 2.76. The van der Waals surface area contributed by atoms with Crippen molar-refractivity contribution in [3.8, 4) is 0 Å². The van der Waals surface area contributed by atoms with E-state index in [0.29, 0.717) is 24.4 Å². The van der Waals surface area contributed by atoms with E-state index in [1.54, 1.807) is 6.26 Å². The number of carbonyl (C=O) groups excluding carboxylic acids is 1. The van der Waals surface area contributed by atoms with Gasteiger partial charge in [-0.15, -0.1) is 0 Å². The summed E-state index contributed by atoms with van der Waals surface area (Å²) in [6, 6.07) is 11.8. The lowest BCUT2D eigenvalue weighted by molar-refractivity contribution is 0.0958. The molecule has 0 radical (unpaired) electrons. The third-order valence-electron chi connectivity index (χ3n) is 4.53. The topological polar surface area (TPSA) is 68.0 Å². The number of furan rings is 1. The second kappa shape index (κ2) is 6.16. The molecule has 25 heavy (non-hydrogen) atoms. The molecule has 5 heteroatoms. The van der Waals surface area contributed by atoms with Crippen molar-refractivity contribution in [1.29, 1.82) is 0 Å². The van der Waals surface area contributed by atoms with Crippen molar-refractivity contribution in [2.75, 3.05) is 5.32 Å². The summed E-state index contributed by atoms with van der Waals surface area (Å²) in [5.41, 5.74) is 4.28. The number of anilines is 2. The van der Waals surface area contributed by atoms with E-state index >= 15 is 0 Å². The molecule has 0 bridgehead atoms. The fourth-order valence-corrected chi connectivity index (χ4v) is 3.41. The molecule has 1 aromatic carbocycles. The first-order valence-electron chi connectivity index (χ1n) is 8.38. The SMILES string of the molecule is Cc1cccc(Nc2nc(C)c3c(n2)C[C@@H](c2ccco2)CC3=O)c1. The van der Waals surface area contributed by atoms with E-state index < -0.39 is 0 Å². The van der Waals surface area contributed by atoms with Crippen LogP contribution in [0.15, 0.2) is 47.1 Å². The van der Waals surface area contributed by atoms with E-state index in [2.05, 4.69) is 15.3 Å². The van der Waals surface area contributed by atoms with Gasteiger partial charge in [0.1, 0.15) is 5.76 Å². The summed E-state index contributed by atoms with van der Waals surface area (Å²) in [7, 11) is 0. The van der Waals surface area contributed by atoms with E-state index in [9.17, 15) is 4.79 Å². The fourth-order valence-electron chi connectivity index (χ4n) is 3.41. The zero-order valence-electron chi connectivity index (χ0n) is 14.2. The maximum absolute atomic E-state index is 12.6. The number of nitrogens with zero attached hydrogens (tertiary/aromatic N) is 2. The lowest BCUT2D eigenvalue weighted by Crippen LogP contribution is -2.22. The molecule has 2 heterocycles. The first-order valence-corrected chi connectivity index (χ1v) is 8.38. The molecule has 0 spiro atoms. The Labute approximate surface area is 146 Å². The third kappa shape index (κ3) is 3.05. The highest BCUT2D eigenvalue weighted by atomic mass is 16.3. The van der Waals surface area contributed by atoms with Crippen LogP contribution in [-0.2, 0) is 6.42 Å². The number of nitrogens with one attached hydrogen (secondary N) is 1. The Morgan fingerprint density at radius 2 is 2.00 bits per heavy atom. The average molecular weight is 333 g/mol. The Kier molecular flexibility index (Phi) is 3.84. The van der Waals surface area contributed by atoms with Crippen LogP contribution in [-0.4, -0.2) is 15.8 Å². The number of aromatic nitrogens is 2. The molecule has 4 rings (SSSR count). The number of benzene rings is 1. The number of rotatable bonds is 3. The van der Waals surface area contributed by atoms with Crippen molar-refractivity contribution >= 4 is 17.4 Å². The van der Waals surface area contributed by atoms with Gasteiger partial charge in [-0.25, -0.2) is 9.97 Å². The molecular formula is C20H19N3O2. The van der Waals surface area contributed by atoms with Gasteiger partial charge in [0.2, 0.25) is 5.95 Å². The summed E-state index contributed by atoms with van der Waals surface area (Å²) >= 11 is 0. The highest BCUT2D eigenvalue weighted by molar-refractivity contribution is 5.99. The molecule has 0 saturated carbocycles. The van der Waals surface area contributed by atoms with Gasteiger partial charge in [0, 0.05) is 24.4 Å². The minimum Gasteiger partial charge on any atom is -0.469 e. The molecule has 0 aliphatic heterocycles. The van der Waals surface area contributed by atoms with Crippen LogP contribution in [0, 0.1) is 13.8 Å². The van der Waals surface area contributed by atoms with Crippen LogP contribution < -0.4 is 5.32 Å². The van der Waals surface area contributed by atoms with Gasteiger partial charge in [0.15, 0.2) is 5.78 Å². The zero-order valence-corrected chi connectivity index (χ0v) is 14.2. The highest BCUT2D eigenvalue weighted by Gasteiger charge is 2.31. The number of aryl methyl sites for hydroxylation is 2. The minimum atomic E-state index is 0.0381. The molecule has 0 saturated heterocycles. The number of hydrogen-bond acceptors (Lipinski definition) is 5. The lowest BCUT2D eigenvalue weighted by atomic mass is 9.84. The molecule has 2 aromatic heterocycles. The predicted molar refractivity (Wildman–Crippen MR) is 95.3 cm³/mol. The van der Waals surface area contributed by atoms with Crippen molar-refractivity contribution in [2.45, 2.75) is 32.6 Å². The average Bonchev–Trinajstić information content (AvgIpc) is 3.08.